The zero-order chi connectivity index (χ0) is 11.5. The fraction of sp³-hybridized carbons (Fsp3) is 0.636. The molecule has 16 heavy (non-hydrogen) atoms. The molecule has 1 unspecified atom stereocenters. The first-order valence-electron chi connectivity index (χ1n) is 5.63. The third-order valence-electron chi connectivity index (χ3n) is 3.08. The lowest BCUT2D eigenvalue weighted by Gasteiger charge is -2.16. The first-order chi connectivity index (χ1) is 7.72. The Hall–Kier alpha value is -1.36. The molecule has 5 heteroatoms. The first kappa shape index (κ1) is 11.1. The van der Waals surface area contributed by atoms with E-state index in [4.69, 9.17) is 0 Å². The van der Waals surface area contributed by atoms with Gasteiger partial charge >= 0.3 is 0 Å². The predicted molar refractivity (Wildman–Crippen MR) is 63.7 cm³/mol. The average Bonchev–Trinajstić information content (AvgIpc) is 2.71. The molecule has 88 valence electrons. The molecule has 1 saturated heterocycles. The number of aryl methyl sites for hydroxylation is 1. The van der Waals surface area contributed by atoms with Crippen molar-refractivity contribution in [3.63, 3.8) is 0 Å². The Labute approximate surface area is 95.1 Å². The molecule has 2 heterocycles. The molecule has 1 fully saturated rings. The van der Waals surface area contributed by atoms with E-state index in [0.717, 1.165) is 26.1 Å². The van der Waals surface area contributed by atoms with E-state index in [0.29, 0.717) is 11.7 Å². The lowest BCUT2D eigenvalue weighted by molar-refractivity contribution is 0.548. The van der Waals surface area contributed by atoms with Crippen molar-refractivity contribution in [3.05, 3.63) is 22.7 Å². The average molecular weight is 222 g/mol. The Morgan fingerprint density at radius 3 is 3.19 bits per heavy atom. The van der Waals surface area contributed by atoms with Gasteiger partial charge in [0.05, 0.1) is 0 Å². The van der Waals surface area contributed by atoms with E-state index in [2.05, 4.69) is 15.2 Å². The van der Waals surface area contributed by atoms with Gasteiger partial charge in [0.2, 0.25) is 0 Å². The van der Waals surface area contributed by atoms with Gasteiger partial charge in [-0.2, -0.15) is 0 Å². The normalized spacial score (nSPS) is 20.4. The van der Waals surface area contributed by atoms with Crippen molar-refractivity contribution in [1.29, 1.82) is 0 Å². The van der Waals surface area contributed by atoms with Crippen LogP contribution < -0.4 is 15.8 Å². The molecule has 1 atom stereocenters. The zero-order valence-electron chi connectivity index (χ0n) is 9.81. The summed E-state index contributed by atoms with van der Waals surface area (Å²) in [7, 11) is 3.72. The summed E-state index contributed by atoms with van der Waals surface area (Å²) >= 11 is 0. The number of anilines is 1. The second-order valence-electron chi connectivity index (χ2n) is 4.33. The summed E-state index contributed by atoms with van der Waals surface area (Å²) in [5.41, 5.74) is -0.00684. The fourth-order valence-corrected chi connectivity index (χ4v) is 2.18. The largest absolute Gasteiger partial charge is 0.352 e. The molecule has 1 aliphatic heterocycles. The van der Waals surface area contributed by atoms with E-state index in [-0.39, 0.29) is 5.56 Å². The van der Waals surface area contributed by atoms with Gasteiger partial charge in [-0.05, 0) is 25.9 Å². The van der Waals surface area contributed by atoms with Gasteiger partial charge in [-0.15, -0.1) is 0 Å². The molecule has 0 spiro atoms. The van der Waals surface area contributed by atoms with Crippen LogP contribution in [0.3, 0.4) is 0 Å². The molecule has 0 aromatic carbocycles. The highest BCUT2D eigenvalue weighted by molar-refractivity contribution is 5.37. The minimum Gasteiger partial charge on any atom is -0.352 e. The highest BCUT2D eigenvalue weighted by atomic mass is 16.1. The molecule has 0 saturated carbocycles. The smallest absolute Gasteiger partial charge is 0.293 e. The van der Waals surface area contributed by atoms with Crippen molar-refractivity contribution >= 4 is 5.82 Å². The summed E-state index contributed by atoms with van der Waals surface area (Å²) in [5.74, 6) is 1.21. The maximum absolute atomic E-state index is 11.9. The third-order valence-corrected chi connectivity index (χ3v) is 3.08. The van der Waals surface area contributed by atoms with Crippen LogP contribution in [0.4, 0.5) is 5.82 Å². The molecular formula is C11H18N4O. The van der Waals surface area contributed by atoms with E-state index < -0.39 is 0 Å². The van der Waals surface area contributed by atoms with E-state index >= 15 is 0 Å². The lowest BCUT2D eigenvalue weighted by Crippen LogP contribution is -2.31. The van der Waals surface area contributed by atoms with Crippen LogP contribution in [-0.4, -0.2) is 36.2 Å². The summed E-state index contributed by atoms with van der Waals surface area (Å²) < 4.78 is 1.58. The highest BCUT2D eigenvalue weighted by Gasteiger charge is 2.24. The Balaban J connectivity index is 2.15. The van der Waals surface area contributed by atoms with Crippen molar-refractivity contribution in [2.24, 2.45) is 13.0 Å². The van der Waals surface area contributed by atoms with Gasteiger partial charge in [0.1, 0.15) is 0 Å². The van der Waals surface area contributed by atoms with Crippen molar-refractivity contribution < 1.29 is 0 Å². The zero-order valence-corrected chi connectivity index (χ0v) is 9.81. The standard InChI is InChI=1S/C11H18N4O/c1-12-7-9-3-5-15(8-9)10-11(16)14(2)6-4-13-10/h4,6,9,12H,3,5,7-8H2,1-2H3. The van der Waals surface area contributed by atoms with Gasteiger partial charge < -0.3 is 14.8 Å². The van der Waals surface area contributed by atoms with Crippen LogP contribution in [0.1, 0.15) is 6.42 Å². The summed E-state index contributed by atoms with van der Waals surface area (Å²) in [6, 6.07) is 0. The first-order valence-corrected chi connectivity index (χ1v) is 5.63. The SMILES string of the molecule is CNCC1CCN(c2nccn(C)c2=O)C1. The van der Waals surface area contributed by atoms with Crippen molar-refractivity contribution in [1.82, 2.24) is 14.9 Å². The van der Waals surface area contributed by atoms with E-state index in [9.17, 15) is 4.79 Å². The number of nitrogens with one attached hydrogen (secondary N) is 1. The molecule has 1 N–H and O–H groups in total. The van der Waals surface area contributed by atoms with Gasteiger partial charge in [-0.25, -0.2) is 4.98 Å². The number of hydrogen-bond donors (Lipinski definition) is 1. The molecule has 1 aromatic rings. The van der Waals surface area contributed by atoms with Crippen LogP contribution in [0.5, 0.6) is 0 Å². The molecule has 0 amide bonds. The highest BCUT2D eigenvalue weighted by Crippen LogP contribution is 2.18. The van der Waals surface area contributed by atoms with Crippen LogP contribution in [-0.2, 0) is 7.05 Å². The van der Waals surface area contributed by atoms with Crippen LogP contribution in [0.25, 0.3) is 0 Å². The number of aromatic nitrogens is 2. The van der Waals surface area contributed by atoms with Crippen LogP contribution in [0, 0.1) is 5.92 Å². The Morgan fingerprint density at radius 2 is 2.44 bits per heavy atom. The predicted octanol–water partition coefficient (Wildman–Crippen LogP) is -0.174. The molecule has 1 aromatic heterocycles. The molecule has 0 bridgehead atoms. The van der Waals surface area contributed by atoms with Gasteiger partial charge in [0, 0.05) is 32.5 Å². The van der Waals surface area contributed by atoms with Gasteiger partial charge in [-0.3, -0.25) is 4.79 Å². The van der Waals surface area contributed by atoms with Crippen LogP contribution in [0.2, 0.25) is 0 Å². The molecule has 2 rings (SSSR count). The number of rotatable bonds is 3. The van der Waals surface area contributed by atoms with E-state index in [1.165, 1.54) is 0 Å². The Bertz CT molecular complexity index is 415. The fourth-order valence-electron chi connectivity index (χ4n) is 2.18. The van der Waals surface area contributed by atoms with Crippen molar-refractivity contribution in [2.75, 3.05) is 31.6 Å². The molecule has 1 aliphatic rings. The maximum Gasteiger partial charge on any atom is 0.293 e. The second-order valence-corrected chi connectivity index (χ2v) is 4.33. The van der Waals surface area contributed by atoms with E-state index in [1.807, 2.05) is 7.05 Å². The summed E-state index contributed by atoms with van der Waals surface area (Å²) in [6.45, 7) is 2.86. The molecule has 0 radical (unpaired) electrons. The summed E-state index contributed by atoms with van der Waals surface area (Å²) in [4.78, 5) is 18.1. The molecule has 5 nitrogen and oxygen atoms in total. The van der Waals surface area contributed by atoms with Gasteiger partial charge in [0.15, 0.2) is 5.82 Å². The maximum atomic E-state index is 11.9. The monoisotopic (exact) mass is 222 g/mol. The Kier molecular flexibility index (Phi) is 3.24. The minimum absolute atomic E-state index is 0.00684. The summed E-state index contributed by atoms with van der Waals surface area (Å²) in [6.07, 6.45) is 4.50. The summed E-state index contributed by atoms with van der Waals surface area (Å²) in [5, 5.41) is 3.18. The quantitative estimate of drug-likeness (QED) is 0.771. The molecule has 0 aliphatic carbocycles. The lowest BCUT2D eigenvalue weighted by atomic mass is 10.1. The third kappa shape index (κ3) is 2.09. The minimum atomic E-state index is -0.00684. The van der Waals surface area contributed by atoms with Crippen LogP contribution in [0.15, 0.2) is 17.2 Å². The van der Waals surface area contributed by atoms with Gasteiger partial charge in [0.25, 0.3) is 5.56 Å². The van der Waals surface area contributed by atoms with E-state index in [1.54, 1.807) is 24.0 Å². The number of nitrogens with zero attached hydrogens (tertiary/aromatic N) is 3. The van der Waals surface area contributed by atoms with Gasteiger partial charge in [-0.1, -0.05) is 0 Å². The van der Waals surface area contributed by atoms with Crippen LogP contribution >= 0.6 is 0 Å². The molecular weight excluding hydrogens is 204 g/mol. The number of hydrogen-bond acceptors (Lipinski definition) is 4. The van der Waals surface area contributed by atoms with Crippen molar-refractivity contribution in [3.8, 4) is 0 Å². The second kappa shape index (κ2) is 4.65. The van der Waals surface area contributed by atoms with Crippen molar-refractivity contribution in [2.45, 2.75) is 6.42 Å². The topological polar surface area (TPSA) is 50.2 Å². The Morgan fingerprint density at radius 1 is 1.62 bits per heavy atom.